The minimum absolute atomic E-state index is 0.191. The number of ether oxygens (including phenoxy) is 2. The Kier molecular flexibility index (Phi) is 11.2. The van der Waals surface area contributed by atoms with Crippen LogP contribution in [0.4, 0.5) is 0 Å². The lowest BCUT2D eigenvalue weighted by Crippen LogP contribution is -2.23. The van der Waals surface area contributed by atoms with E-state index in [-0.39, 0.29) is 5.25 Å². The van der Waals surface area contributed by atoms with Crippen LogP contribution >= 0.6 is 0 Å². The van der Waals surface area contributed by atoms with Gasteiger partial charge >= 0.3 is 0 Å². The van der Waals surface area contributed by atoms with Gasteiger partial charge in [0.25, 0.3) is 0 Å². The van der Waals surface area contributed by atoms with Gasteiger partial charge in [0.2, 0.25) is 6.79 Å². The maximum atomic E-state index is 12.3. The highest BCUT2D eigenvalue weighted by Gasteiger charge is 2.19. The zero-order valence-electron chi connectivity index (χ0n) is 17.0. The molecule has 2 rings (SSSR count). The molecule has 1 aliphatic rings. The second-order valence-corrected chi connectivity index (χ2v) is 11.5. The molecule has 0 aromatic heterocycles. The van der Waals surface area contributed by atoms with E-state index in [1.165, 1.54) is 37.7 Å². The Labute approximate surface area is 167 Å². The lowest BCUT2D eigenvalue weighted by molar-refractivity contribution is 0.174. The molecule has 2 unspecified atom stereocenters. The van der Waals surface area contributed by atoms with E-state index >= 15 is 0 Å². The Morgan fingerprint density at radius 3 is 2.33 bits per heavy atom. The van der Waals surface area contributed by atoms with E-state index in [0.717, 1.165) is 42.6 Å². The minimum Gasteiger partial charge on any atom is -0.616 e. The number of sulfone groups is 1. The molecule has 0 saturated carbocycles. The summed E-state index contributed by atoms with van der Waals surface area (Å²) in [4.78, 5) is 0. The van der Waals surface area contributed by atoms with E-state index in [4.69, 9.17) is 9.47 Å². The van der Waals surface area contributed by atoms with Gasteiger partial charge in [-0.25, -0.2) is 8.42 Å². The normalized spacial score (nSPS) is 15.0. The first-order chi connectivity index (χ1) is 12.7. The number of fused-ring (bicyclic) bond motifs is 1. The van der Waals surface area contributed by atoms with Crippen molar-refractivity contribution in [2.24, 2.45) is 0 Å². The first-order valence-electron chi connectivity index (χ1n) is 9.61. The largest absolute Gasteiger partial charge is 0.616 e. The van der Waals surface area contributed by atoms with Crippen molar-refractivity contribution in [2.45, 2.75) is 64.0 Å². The van der Waals surface area contributed by atoms with Crippen LogP contribution in [0.5, 0.6) is 11.5 Å². The Bertz CT molecular complexity index is 638. The van der Waals surface area contributed by atoms with E-state index in [1.54, 1.807) is 0 Å². The third kappa shape index (κ3) is 11.5. The summed E-state index contributed by atoms with van der Waals surface area (Å²) in [5.74, 6) is 2.45. The molecular formula is C20H34O5S2. The topological polar surface area (TPSA) is 75.7 Å². The third-order valence-corrected chi connectivity index (χ3v) is 5.86. The smallest absolute Gasteiger partial charge is 0.231 e. The summed E-state index contributed by atoms with van der Waals surface area (Å²) >= 11 is -0.743. The fourth-order valence-corrected chi connectivity index (χ4v) is 3.99. The van der Waals surface area contributed by atoms with Gasteiger partial charge in [0, 0.05) is 18.9 Å². The number of rotatable bonds is 10. The van der Waals surface area contributed by atoms with Crippen LogP contribution in [0.2, 0.25) is 0 Å². The summed E-state index contributed by atoms with van der Waals surface area (Å²) in [6.07, 6.45) is 10.6. The highest BCUT2D eigenvalue weighted by Crippen LogP contribution is 2.33. The van der Waals surface area contributed by atoms with Crippen molar-refractivity contribution in [1.29, 1.82) is 0 Å². The molecule has 1 aromatic rings. The SMILES string of the molecule is CCCCCCCC[S+]([O-])C(C)Cc1ccc2c(c1)OCO2.CS(C)(=O)=O. The molecule has 0 aliphatic carbocycles. The van der Waals surface area contributed by atoms with Crippen molar-refractivity contribution in [2.75, 3.05) is 25.1 Å². The van der Waals surface area contributed by atoms with Crippen molar-refractivity contribution < 1.29 is 22.4 Å². The van der Waals surface area contributed by atoms with Crippen molar-refractivity contribution in [3.8, 4) is 11.5 Å². The molecule has 1 aromatic carbocycles. The molecule has 1 aliphatic heterocycles. The fourth-order valence-electron chi connectivity index (χ4n) is 2.72. The van der Waals surface area contributed by atoms with E-state index in [2.05, 4.69) is 13.8 Å². The lowest BCUT2D eigenvalue weighted by atomic mass is 10.1. The summed E-state index contributed by atoms with van der Waals surface area (Å²) in [5, 5.41) is 0.191. The quantitative estimate of drug-likeness (QED) is 0.422. The molecular weight excluding hydrogens is 384 g/mol. The summed E-state index contributed by atoms with van der Waals surface area (Å²) in [7, 11) is -2.67. The number of benzene rings is 1. The Morgan fingerprint density at radius 1 is 1.07 bits per heavy atom. The summed E-state index contributed by atoms with van der Waals surface area (Å²) in [5.41, 5.74) is 1.17. The Morgan fingerprint density at radius 2 is 1.67 bits per heavy atom. The summed E-state index contributed by atoms with van der Waals surface area (Å²) in [6.45, 7) is 4.61. The van der Waals surface area contributed by atoms with Gasteiger partial charge < -0.3 is 14.0 Å². The van der Waals surface area contributed by atoms with Gasteiger partial charge in [-0.2, -0.15) is 0 Å². The van der Waals surface area contributed by atoms with E-state index in [9.17, 15) is 13.0 Å². The van der Waals surface area contributed by atoms with Crippen molar-refractivity contribution in [3.05, 3.63) is 23.8 Å². The monoisotopic (exact) mass is 418 g/mol. The van der Waals surface area contributed by atoms with Gasteiger partial charge in [-0.1, -0.05) is 49.8 Å². The van der Waals surface area contributed by atoms with Crippen LogP contribution in [-0.2, 0) is 27.4 Å². The van der Waals surface area contributed by atoms with Crippen LogP contribution in [0.25, 0.3) is 0 Å². The van der Waals surface area contributed by atoms with Gasteiger partial charge in [-0.05, 0) is 37.5 Å². The molecule has 0 N–H and O–H groups in total. The molecule has 0 spiro atoms. The second-order valence-electron chi connectivity index (χ2n) is 7.20. The Balaban J connectivity index is 0.000000646. The van der Waals surface area contributed by atoms with Crippen LogP contribution in [-0.4, -0.2) is 43.3 Å². The zero-order chi connectivity index (χ0) is 20.3. The van der Waals surface area contributed by atoms with Crippen LogP contribution in [0.15, 0.2) is 18.2 Å². The predicted octanol–water partition coefficient (Wildman–Crippen LogP) is 4.12. The predicted molar refractivity (Wildman–Crippen MR) is 113 cm³/mol. The van der Waals surface area contributed by atoms with Gasteiger partial charge in [-0.3, -0.25) is 0 Å². The molecule has 5 nitrogen and oxygen atoms in total. The lowest BCUT2D eigenvalue weighted by Gasteiger charge is -2.18. The van der Waals surface area contributed by atoms with Gasteiger partial charge in [0.15, 0.2) is 11.5 Å². The fraction of sp³-hybridized carbons (Fsp3) is 0.700. The van der Waals surface area contributed by atoms with Crippen LogP contribution in [0, 0.1) is 0 Å². The molecule has 0 bridgehead atoms. The first-order valence-corrected chi connectivity index (χ1v) is 13.3. The maximum Gasteiger partial charge on any atom is 0.231 e. The summed E-state index contributed by atoms with van der Waals surface area (Å²) < 4.78 is 42.3. The molecule has 0 amide bonds. The van der Waals surface area contributed by atoms with E-state index < -0.39 is 21.0 Å². The minimum atomic E-state index is -2.67. The summed E-state index contributed by atoms with van der Waals surface area (Å²) in [6, 6.07) is 6.01. The maximum absolute atomic E-state index is 12.3. The van der Waals surface area contributed by atoms with Crippen molar-refractivity contribution in [1.82, 2.24) is 0 Å². The molecule has 0 radical (unpaired) electrons. The number of hydrogen-bond donors (Lipinski definition) is 0. The average Bonchev–Trinajstić information content (AvgIpc) is 3.04. The number of unbranched alkanes of at least 4 members (excludes halogenated alkanes) is 5. The molecule has 7 heteroatoms. The molecule has 27 heavy (non-hydrogen) atoms. The Hall–Kier alpha value is -0.920. The van der Waals surface area contributed by atoms with Gasteiger partial charge in [0.1, 0.15) is 20.8 Å². The average molecular weight is 419 g/mol. The zero-order valence-corrected chi connectivity index (χ0v) is 18.7. The van der Waals surface area contributed by atoms with Gasteiger partial charge in [0.05, 0.1) is 0 Å². The van der Waals surface area contributed by atoms with Gasteiger partial charge in [-0.15, -0.1) is 0 Å². The molecule has 2 atom stereocenters. The molecule has 1 heterocycles. The second kappa shape index (κ2) is 12.5. The van der Waals surface area contributed by atoms with Crippen molar-refractivity contribution >= 4 is 21.0 Å². The highest BCUT2D eigenvalue weighted by molar-refractivity contribution is 7.92. The van der Waals surface area contributed by atoms with Crippen LogP contribution in [0.3, 0.4) is 0 Å². The molecule has 0 saturated heterocycles. The van der Waals surface area contributed by atoms with Crippen LogP contribution in [0.1, 0.15) is 57.9 Å². The standard InChI is InChI=1S/C18H28O3S.C2H6O2S/c1-3-4-5-6-7-8-11-22(19)15(2)12-16-9-10-17-18(13-16)21-14-20-17;1-5(2,3)4/h9-10,13,15H,3-8,11-12,14H2,1-2H3;1-2H3. The highest BCUT2D eigenvalue weighted by atomic mass is 32.2. The third-order valence-electron chi connectivity index (χ3n) is 4.11. The molecule has 0 fully saturated rings. The first kappa shape index (κ1) is 24.1. The molecule has 156 valence electrons. The van der Waals surface area contributed by atoms with Crippen molar-refractivity contribution in [3.63, 3.8) is 0 Å². The van der Waals surface area contributed by atoms with E-state index in [0.29, 0.717) is 6.79 Å². The van der Waals surface area contributed by atoms with E-state index in [1.807, 2.05) is 18.2 Å². The van der Waals surface area contributed by atoms with Crippen LogP contribution < -0.4 is 9.47 Å². The number of hydrogen-bond acceptors (Lipinski definition) is 5.